The van der Waals surface area contributed by atoms with Crippen LogP contribution in [0.4, 0.5) is 17.1 Å². The van der Waals surface area contributed by atoms with Crippen molar-refractivity contribution in [3.63, 3.8) is 0 Å². The van der Waals surface area contributed by atoms with Gasteiger partial charge in [-0.2, -0.15) is 9.97 Å². The Kier molecular flexibility index (Phi) is 7.85. The summed E-state index contributed by atoms with van der Waals surface area (Å²) in [6, 6.07) is 62.0. The van der Waals surface area contributed by atoms with Crippen molar-refractivity contribution in [3.8, 4) is 40.0 Å². The van der Waals surface area contributed by atoms with Crippen LogP contribution in [0.5, 0.6) is 0 Å². The highest BCUT2D eigenvalue weighted by atomic mass is 79.9. The van der Waals surface area contributed by atoms with Crippen LogP contribution in [0.15, 0.2) is 191 Å². The first kappa shape index (κ1) is 31.9. The molecule has 0 unspecified atom stereocenters. The van der Waals surface area contributed by atoms with Gasteiger partial charge in [0.05, 0.1) is 21.4 Å². The molecular weight excluding hydrogens is 730 g/mol. The summed E-state index contributed by atoms with van der Waals surface area (Å²) in [4.78, 5) is 17.5. The lowest BCUT2D eigenvalue weighted by Crippen LogP contribution is -2.10. The van der Waals surface area contributed by atoms with E-state index in [9.17, 15) is 0 Å². The number of aromatic nitrogens is 4. The van der Waals surface area contributed by atoms with Crippen LogP contribution >= 0.6 is 15.9 Å². The highest BCUT2D eigenvalue weighted by Gasteiger charge is 2.25. The summed E-state index contributed by atoms with van der Waals surface area (Å²) in [6.45, 7) is 0. The molecule has 256 valence electrons. The Bertz CT molecular complexity index is 2890. The summed E-state index contributed by atoms with van der Waals surface area (Å²) in [5, 5.41) is 3.17. The normalized spacial score (nSPS) is 11.4. The van der Waals surface area contributed by atoms with Gasteiger partial charge < -0.3 is 9.32 Å². The van der Waals surface area contributed by atoms with Crippen LogP contribution in [-0.2, 0) is 0 Å². The molecule has 3 aromatic heterocycles. The number of halogens is 1. The molecule has 3 heterocycles. The van der Waals surface area contributed by atoms with Crippen molar-refractivity contribution < 1.29 is 4.42 Å². The maximum atomic E-state index is 6.58. The molecule has 10 aromatic rings. The number of hydrogen-bond acceptors (Lipinski definition) is 5. The summed E-state index contributed by atoms with van der Waals surface area (Å²) < 4.78 is 9.65. The number of anilines is 3. The predicted octanol–water partition coefficient (Wildman–Crippen LogP) is 12.9. The Morgan fingerprint density at radius 2 is 1.06 bits per heavy atom. The molecule has 0 radical (unpaired) electrons. The predicted molar refractivity (Wildman–Crippen MR) is 223 cm³/mol. The van der Waals surface area contributed by atoms with Gasteiger partial charge in [-0.1, -0.05) is 140 Å². The molecule has 0 saturated carbocycles. The Morgan fingerprint density at radius 1 is 0.481 bits per heavy atom. The number of para-hydroxylation sites is 3. The molecule has 0 atom stereocenters. The minimum atomic E-state index is 0.525. The second kappa shape index (κ2) is 13.3. The quantitative estimate of drug-likeness (QED) is 0.162. The van der Waals surface area contributed by atoms with Gasteiger partial charge in [-0.25, -0.2) is 4.98 Å². The van der Waals surface area contributed by atoms with Gasteiger partial charge in [-0.05, 0) is 64.0 Å². The zero-order valence-corrected chi connectivity index (χ0v) is 30.4. The molecule has 7 heteroatoms. The van der Waals surface area contributed by atoms with E-state index in [0.29, 0.717) is 17.6 Å². The molecule has 0 aliphatic heterocycles. The average Bonchev–Trinajstić information content (AvgIpc) is 3.77. The summed E-state index contributed by atoms with van der Waals surface area (Å²) in [6.07, 6.45) is 0. The zero-order valence-electron chi connectivity index (χ0n) is 28.8. The Labute approximate surface area is 319 Å². The first-order chi connectivity index (χ1) is 26.7. The van der Waals surface area contributed by atoms with Crippen molar-refractivity contribution in [2.45, 2.75) is 0 Å². The smallest absolute Gasteiger partial charge is 0.238 e. The molecule has 0 spiro atoms. The number of hydrogen-bond donors (Lipinski definition) is 0. The monoisotopic (exact) mass is 759 g/mol. The van der Waals surface area contributed by atoms with Gasteiger partial charge in [-0.15, -0.1) is 0 Å². The van der Waals surface area contributed by atoms with Gasteiger partial charge in [0.1, 0.15) is 5.58 Å². The fourth-order valence-corrected chi connectivity index (χ4v) is 7.97. The highest BCUT2D eigenvalue weighted by molar-refractivity contribution is 9.10. The van der Waals surface area contributed by atoms with Crippen molar-refractivity contribution in [1.82, 2.24) is 19.5 Å². The lowest BCUT2D eigenvalue weighted by molar-refractivity contribution is 0.669. The van der Waals surface area contributed by atoms with Crippen LogP contribution in [0, 0.1) is 0 Å². The van der Waals surface area contributed by atoms with Crippen molar-refractivity contribution in [3.05, 3.63) is 186 Å². The number of benzene rings is 7. The summed E-state index contributed by atoms with van der Waals surface area (Å²) in [5.41, 5.74) is 9.37. The van der Waals surface area contributed by atoms with Gasteiger partial charge in [0.25, 0.3) is 0 Å². The Morgan fingerprint density at radius 3 is 1.72 bits per heavy atom. The van der Waals surface area contributed by atoms with Crippen LogP contribution < -0.4 is 4.90 Å². The SMILES string of the molecule is Brc1c(-c2ccccc2)n(-c2nc(-c3ccccc3)nc(-c3ccccc3)n2)c2ccc(N(c3ccccc3)c3cccc4c3oc3ccccc34)cc12. The topological polar surface area (TPSA) is 60.0 Å². The number of nitrogens with zero attached hydrogens (tertiary/aromatic N) is 5. The third kappa shape index (κ3) is 5.45. The van der Waals surface area contributed by atoms with E-state index in [1.165, 1.54) is 0 Å². The maximum absolute atomic E-state index is 6.58. The molecule has 6 nitrogen and oxygen atoms in total. The fraction of sp³-hybridized carbons (Fsp3) is 0. The van der Waals surface area contributed by atoms with Gasteiger partial charge in [0.15, 0.2) is 17.2 Å². The Hall–Kier alpha value is -6.83. The molecule has 7 aromatic carbocycles. The number of fused-ring (bicyclic) bond motifs is 4. The molecular formula is C47H30BrN5O. The van der Waals surface area contributed by atoms with Gasteiger partial charge in [0.2, 0.25) is 5.95 Å². The molecule has 0 bridgehead atoms. The zero-order chi connectivity index (χ0) is 36.0. The molecule has 0 fully saturated rings. The molecule has 0 aliphatic rings. The summed E-state index contributed by atoms with van der Waals surface area (Å²) in [7, 11) is 0. The summed E-state index contributed by atoms with van der Waals surface area (Å²) in [5.74, 6) is 1.72. The van der Waals surface area contributed by atoms with Gasteiger partial charge >= 0.3 is 0 Å². The van der Waals surface area contributed by atoms with Crippen LogP contribution in [-0.4, -0.2) is 19.5 Å². The molecule has 10 rings (SSSR count). The van der Waals surface area contributed by atoms with Crippen LogP contribution in [0.25, 0.3) is 72.8 Å². The number of rotatable bonds is 7. The van der Waals surface area contributed by atoms with Crippen molar-refractivity contribution in [2.75, 3.05) is 4.90 Å². The molecule has 0 N–H and O–H groups in total. The standard InChI is InChI=1S/C47H30BrN5O/c48-42-38-30-35(52(34-22-11-4-12-23-34)40-26-15-25-37-36-24-13-14-27-41(36)54-44(37)40)28-29-39(38)53(43(42)31-16-5-1-6-17-31)47-50-45(32-18-7-2-8-19-32)49-46(51-47)33-20-9-3-10-21-33/h1-30H. The minimum absolute atomic E-state index is 0.525. The lowest BCUT2D eigenvalue weighted by atomic mass is 10.1. The first-order valence-electron chi connectivity index (χ1n) is 17.7. The Balaban J connectivity index is 1.23. The van der Waals surface area contributed by atoms with Crippen LogP contribution in [0.2, 0.25) is 0 Å². The van der Waals surface area contributed by atoms with Crippen molar-refractivity contribution >= 4 is 65.8 Å². The molecule has 0 amide bonds. The second-order valence-corrected chi connectivity index (χ2v) is 13.8. The van der Waals surface area contributed by atoms with Crippen molar-refractivity contribution in [2.24, 2.45) is 0 Å². The third-order valence-corrected chi connectivity index (χ3v) is 10.5. The van der Waals surface area contributed by atoms with E-state index in [0.717, 1.165) is 76.8 Å². The summed E-state index contributed by atoms with van der Waals surface area (Å²) >= 11 is 4.09. The van der Waals surface area contributed by atoms with Crippen LogP contribution in [0.1, 0.15) is 0 Å². The van der Waals surface area contributed by atoms with E-state index in [-0.39, 0.29) is 0 Å². The van der Waals surface area contributed by atoms with E-state index < -0.39 is 0 Å². The van der Waals surface area contributed by atoms with E-state index in [1.807, 2.05) is 84.9 Å². The van der Waals surface area contributed by atoms with Crippen LogP contribution in [0.3, 0.4) is 0 Å². The number of furan rings is 1. The average molecular weight is 761 g/mol. The van der Waals surface area contributed by atoms with E-state index in [2.05, 4.69) is 122 Å². The van der Waals surface area contributed by atoms with Gasteiger partial charge in [0, 0.05) is 38.7 Å². The minimum Gasteiger partial charge on any atom is -0.454 e. The van der Waals surface area contributed by atoms with E-state index in [4.69, 9.17) is 19.4 Å². The largest absolute Gasteiger partial charge is 0.454 e. The van der Waals surface area contributed by atoms with E-state index in [1.54, 1.807) is 0 Å². The molecule has 0 aliphatic carbocycles. The highest BCUT2D eigenvalue weighted by Crippen LogP contribution is 2.46. The fourth-order valence-electron chi connectivity index (χ4n) is 7.25. The van der Waals surface area contributed by atoms with Gasteiger partial charge in [-0.3, -0.25) is 4.57 Å². The first-order valence-corrected chi connectivity index (χ1v) is 18.5. The molecule has 54 heavy (non-hydrogen) atoms. The maximum Gasteiger partial charge on any atom is 0.238 e. The van der Waals surface area contributed by atoms with E-state index >= 15 is 0 Å². The molecule has 0 saturated heterocycles. The second-order valence-electron chi connectivity index (χ2n) is 13.0. The lowest BCUT2D eigenvalue weighted by Gasteiger charge is -2.25. The van der Waals surface area contributed by atoms with Crippen molar-refractivity contribution in [1.29, 1.82) is 0 Å². The third-order valence-electron chi connectivity index (χ3n) is 9.72.